The summed E-state index contributed by atoms with van der Waals surface area (Å²) in [7, 11) is -1.89. The number of halogens is 2. The van der Waals surface area contributed by atoms with E-state index in [-0.39, 0.29) is 10.9 Å². The van der Waals surface area contributed by atoms with Gasteiger partial charge in [0.15, 0.2) is 8.32 Å². The summed E-state index contributed by atoms with van der Waals surface area (Å²) >= 11 is 6.31. The van der Waals surface area contributed by atoms with Gasteiger partial charge in [-0.3, -0.25) is 4.99 Å². The van der Waals surface area contributed by atoms with Crippen LogP contribution < -0.4 is 0 Å². The summed E-state index contributed by atoms with van der Waals surface area (Å²) in [6, 6.07) is 12.3. The SMILES string of the molecule is CC(C)(C)[Si](C)(C)OCc1cn2c(n1)CN=C(c1ccccc1F)c1cc(Cl)ccc1-2. The van der Waals surface area contributed by atoms with E-state index in [1.165, 1.54) is 6.07 Å². The van der Waals surface area contributed by atoms with Crippen LogP contribution in [0.4, 0.5) is 4.39 Å². The van der Waals surface area contributed by atoms with Crippen molar-refractivity contribution in [2.24, 2.45) is 4.99 Å². The zero-order chi connectivity index (χ0) is 22.4. The van der Waals surface area contributed by atoms with Crippen LogP contribution in [-0.2, 0) is 17.6 Å². The van der Waals surface area contributed by atoms with Crippen molar-refractivity contribution in [2.45, 2.75) is 52.1 Å². The molecule has 1 aliphatic heterocycles. The molecule has 0 amide bonds. The molecule has 0 aliphatic carbocycles. The molecule has 0 spiro atoms. The van der Waals surface area contributed by atoms with Crippen molar-refractivity contribution in [3.8, 4) is 5.69 Å². The third-order valence-electron chi connectivity index (χ3n) is 6.20. The van der Waals surface area contributed by atoms with Gasteiger partial charge >= 0.3 is 0 Å². The van der Waals surface area contributed by atoms with Gasteiger partial charge in [0.25, 0.3) is 0 Å². The van der Waals surface area contributed by atoms with Gasteiger partial charge in [0.05, 0.1) is 30.2 Å². The van der Waals surface area contributed by atoms with Crippen LogP contribution in [-0.4, -0.2) is 23.6 Å². The summed E-state index contributed by atoms with van der Waals surface area (Å²) in [5.41, 5.74) is 3.57. The van der Waals surface area contributed by atoms with Crippen LogP contribution in [0.25, 0.3) is 5.69 Å². The third-order valence-corrected chi connectivity index (χ3v) is 10.9. The maximum absolute atomic E-state index is 14.6. The minimum Gasteiger partial charge on any atom is -0.411 e. The molecule has 7 heteroatoms. The lowest BCUT2D eigenvalue weighted by molar-refractivity contribution is 0.272. The Kier molecular flexibility index (Phi) is 5.66. The molecule has 1 aromatic heterocycles. The zero-order valence-electron chi connectivity index (χ0n) is 18.5. The lowest BCUT2D eigenvalue weighted by atomic mass is 10.00. The number of nitrogens with zero attached hydrogens (tertiary/aromatic N) is 3. The number of rotatable bonds is 4. The lowest BCUT2D eigenvalue weighted by Gasteiger charge is -2.35. The van der Waals surface area contributed by atoms with Gasteiger partial charge in [-0.2, -0.15) is 0 Å². The zero-order valence-corrected chi connectivity index (χ0v) is 20.3. The fourth-order valence-electron chi connectivity index (χ4n) is 3.36. The molecule has 2 aromatic carbocycles. The van der Waals surface area contributed by atoms with Gasteiger partial charge < -0.3 is 8.99 Å². The maximum atomic E-state index is 14.6. The first-order valence-electron chi connectivity index (χ1n) is 10.4. The molecule has 0 atom stereocenters. The Hall–Kier alpha value is -2.28. The third kappa shape index (κ3) is 4.24. The highest BCUT2D eigenvalue weighted by Crippen LogP contribution is 2.37. The number of aliphatic imine (C=N–C) groups is 1. The summed E-state index contributed by atoms with van der Waals surface area (Å²) in [5.74, 6) is 0.485. The van der Waals surface area contributed by atoms with Gasteiger partial charge in [0, 0.05) is 22.3 Å². The van der Waals surface area contributed by atoms with E-state index >= 15 is 0 Å². The van der Waals surface area contributed by atoms with E-state index in [1.54, 1.807) is 12.1 Å². The van der Waals surface area contributed by atoms with Crippen molar-refractivity contribution in [3.63, 3.8) is 0 Å². The smallest absolute Gasteiger partial charge is 0.192 e. The second-order valence-corrected chi connectivity index (χ2v) is 14.6. The Morgan fingerprint density at radius 3 is 2.58 bits per heavy atom. The molecular weight excluding hydrogens is 429 g/mol. The van der Waals surface area contributed by atoms with Crippen molar-refractivity contribution in [3.05, 3.63) is 82.1 Å². The first-order chi connectivity index (χ1) is 14.6. The van der Waals surface area contributed by atoms with E-state index in [0.717, 1.165) is 22.8 Å². The fraction of sp³-hybridized carbons (Fsp3) is 0.333. The van der Waals surface area contributed by atoms with Crippen molar-refractivity contribution >= 4 is 25.6 Å². The predicted molar refractivity (Wildman–Crippen MR) is 126 cm³/mol. The van der Waals surface area contributed by atoms with Crippen LogP contribution in [0.3, 0.4) is 0 Å². The molecule has 0 saturated carbocycles. The molecule has 0 radical (unpaired) electrons. The molecule has 3 aromatic rings. The number of hydrogen-bond acceptors (Lipinski definition) is 3. The average molecular weight is 456 g/mol. The number of imidazole rings is 1. The topological polar surface area (TPSA) is 39.4 Å². The summed E-state index contributed by atoms with van der Waals surface area (Å²) in [6.45, 7) is 11.9. The summed E-state index contributed by atoms with van der Waals surface area (Å²) in [5, 5.41) is 0.708. The van der Waals surface area contributed by atoms with E-state index in [1.807, 2.05) is 35.0 Å². The molecule has 0 fully saturated rings. The highest BCUT2D eigenvalue weighted by Gasteiger charge is 2.37. The molecule has 0 unspecified atom stereocenters. The Morgan fingerprint density at radius 1 is 1.13 bits per heavy atom. The predicted octanol–water partition coefficient (Wildman–Crippen LogP) is 6.54. The molecule has 2 heterocycles. The molecule has 0 bridgehead atoms. The Bertz CT molecular complexity index is 1160. The molecule has 4 nitrogen and oxygen atoms in total. The van der Waals surface area contributed by atoms with E-state index in [2.05, 4.69) is 33.9 Å². The number of aromatic nitrogens is 2. The minimum absolute atomic E-state index is 0.131. The minimum atomic E-state index is -1.89. The highest BCUT2D eigenvalue weighted by atomic mass is 35.5. The number of fused-ring (bicyclic) bond motifs is 3. The van der Waals surface area contributed by atoms with Crippen molar-refractivity contribution in [2.75, 3.05) is 0 Å². The van der Waals surface area contributed by atoms with Crippen LogP contribution in [0.15, 0.2) is 53.7 Å². The summed E-state index contributed by atoms with van der Waals surface area (Å²) in [6.07, 6.45) is 2.00. The Morgan fingerprint density at radius 2 is 1.87 bits per heavy atom. The maximum Gasteiger partial charge on any atom is 0.192 e. The monoisotopic (exact) mass is 455 g/mol. The molecular formula is C24H27ClFN3OSi. The van der Waals surface area contributed by atoms with Crippen molar-refractivity contribution in [1.82, 2.24) is 9.55 Å². The van der Waals surface area contributed by atoms with Crippen LogP contribution in [0.5, 0.6) is 0 Å². The first-order valence-corrected chi connectivity index (χ1v) is 13.7. The van der Waals surface area contributed by atoms with Crippen LogP contribution in [0.1, 0.15) is 43.4 Å². The van der Waals surface area contributed by atoms with Gasteiger partial charge in [-0.1, -0.05) is 44.5 Å². The van der Waals surface area contributed by atoms with Gasteiger partial charge in [0.1, 0.15) is 11.6 Å². The fourth-order valence-corrected chi connectivity index (χ4v) is 4.47. The van der Waals surface area contributed by atoms with Crippen LogP contribution >= 0.6 is 11.6 Å². The summed E-state index contributed by atoms with van der Waals surface area (Å²) in [4.78, 5) is 9.54. The molecule has 0 N–H and O–H groups in total. The average Bonchev–Trinajstić information content (AvgIpc) is 3.04. The van der Waals surface area contributed by atoms with E-state index < -0.39 is 8.32 Å². The Balaban J connectivity index is 1.74. The van der Waals surface area contributed by atoms with Gasteiger partial charge in [0.2, 0.25) is 0 Å². The quantitative estimate of drug-likeness (QED) is 0.419. The number of benzene rings is 2. The van der Waals surface area contributed by atoms with Crippen molar-refractivity contribution < 1.29 is 8.82 Å². The second kappa shape index (κ2) is 8.00. The second-order valence-electron chi connectivity index (χ2n) is 9.37. The van der Waals surface area contributed by atoms with E-state index in [0.29, 0.717) is 29.4 Å². The lowest BCUT2D eigenvalue weighted by Crippen LogP contribution is -2.40. The molecule has 0 saturated heterocycles. The largest absolute Gasteiger partial charge is 0.411 e. The first kappa shape index (κ1) is 21.9. The Labute approximate surface area is 188 Å². The van der Waals surface area contributed by atoms with E-state index in [4.69, 9.17) is 26.0 Å². The van der Waals surface area contributed by atoms with Crippen LogP contribution in [0, 0.1) is 5.82 Å². The highest BCUT2D eigenvalue weighted by molar-refractivity contribution is 6.74. The van der Waals surface area contributed by atoms with E-state index in [9.17, 15) is 4.39 Å². The van der Waals surface area contributed by atoms with Crippen molar-refractivity contribution in [1.29, 1.82) is 0 Å². The molecule has 1 aliphatic rings. The van der Waals surface area contributed by atoms with Crippen LogP contribution in [0.2, 0.25) is 23.2 Å². The van der Waals surface area contributed by atoms with Gasteiger partial charge in [-0.15, -0.1) is 0 Å². The standard InChI is InChI=1S/C24H27ClFN3OSi/c1-24(2,3)31(4,5)30-15-17-14-29-21-11-10-16(25)12-19(21)23(27-13-22(29)28-17)18-8-6-7-9-20(18)26/h6-12,14H,13,15H2,1-5H3. The molecule has 4 rings (SSSR count). The summed E-state index contributed by atoms with van der Waals surface area (Å²) < 4.78 is 23.0. The molecule has 162 valence electrons. The van der Waals surface area contributed by atoms with Gasteiger partial charge in [-0.05, 0) is 48.5 Å². The number of hydrogen-bond donors (Lipinski definition) is 0. The van der Waals surface area contributed by atoms with Gasteiger partial charge in [-0.25, -0.2) is 9.37 Å². The normalized spacial score (nSPS) is 14.0. The molecule has 31 heavy (non-hydrogen) atoms.